The lowest BCUT2D eigenvalue weighted by atomic mass is 10.2. The Balaban J connectivity index is 1.65. The van der Waals surface area contributed by atoms with Crippen molar-refractivity contribution in [3.8, 4) is 11.9 Å². The Morgan fingerprint density at radius 3 is 3.14 bits per heavy atom. The summed E-state index contributed by atoms with van der Waals surface area (Å²) in [4.78, 5) is 20.9. The second kappa shape index (κ2) is 6.20. The standard InChI is InChI=1S/C15H10N4O2S/c16-7-10-2-1-3-11(6-10)19-13(20)8-21-14-12-4-5-22-15(12)18-9-17-14/h1-6,9H,8H2,(H,19,20). The molecule has 3 aromatic rings. The third kappa shape index (κ3) is 3.02. The van der Waals surface area contributed by atoms with Crippen LogP contribution in [0.1, 0.15) is 5.56 Å². The van der Waals surface area contributed by atoms with Crippen molar-refractivity contribution in [1.29, 1.82) is 5.26 Å². The molecule has 0 unspecified atom stereocenters. The van der Waals surface area contributed by atoms with Gasteiger partial charge < -0.3 is 10.1 Å². The van der Waals surface area contributed by atoms with E-state index >= 15 is 0 Å². The maximum absolute atomic E-state index is 11.9. The lowest BCUT2D eigenvalue weighted by Gasteiger charge is -2.07. The molecule has 1 N–H and O–H groups in total. The number of fused-ring (bicyclic) bond motifs is 1. The topological polar surface area (TPSA) is 87.9 Å². The van der Waals surface area contributed by atoms with Gasteiger partial charge in [0.25, 0.3) is 5.91 Å². The minimum Gasteiger partial charge on any atom is -0.467 e. The molecule has 3 rings (SSSR count). The predicted octanol–water partition coefficient (Wildman–Crippen LogP) is 2.58. The lowest BCUT2D eigenvalue weighted by Crippen LogP contribution is -2.20. The second-order valence-electron chi connectivity index (χ2n) is 4.35. The van der Waals surface area contributed by atoms with E-state index < -0.39 is 0 Å². The number of carbonyl (C=O) groups excluding carboxylic acids is 1. The van der Waals surface area contributed by atoms with Crippen LogP contribution < -0.4 is 10.1 Å². The first-order chi connectivity index (χ1) is 10.8. The monoisotopic (exact) mass is 310 g/mol. The SMILES string of the molecule is N#Cc1cccc(NC(=O)COc2ncnc3sccc23)c1. The van der Waals surface area contributed by atoms with Crippen LogP contribution in [-0.2, 0) is 4.79 Å². The minimum atomic E-state index is -0.322. The molecule has 0 radical (unpaired) electrons. The summed E-state index contributed by atoms with van der Waals surface area (Å²) < 4.78 is 5.45. The third-order valence-corrected chi connectivity index (χ3v) is 3.66. The number of ether oxygens (including phenoxy) is 1. The molecule has 0 aliphatic heterocycles. The van der Waals surface area contributed by atoms with Crippen LogP contribution in [0.4, 0.5) is 5.69 Å². The van der Waals surface area contributed by atoms with Gasteiger partial charge in [0.15, 0.2) is 6.61 Å². The van der Waals surface area contributed by atoms with E-state index in [-0.39, 0.29) is 12.5 Å². The number of benzene rings is 1. The first-order valence-electron chi connectivity index (χ1n) is 6.37. The zero-order chi connectivity index (χ0) is 15.4. The first kappa shape index (κ1) is 14.0. The number of hydrogen-bond acceptors (Lipinski definition) is 6. The first-order valence-corrected chi connectivity index (χ1v) is 7.25. The molecule has 0 aliphatic carbocycles. The average Bonchev–Trinajstić information content (AvgIpc) is 3.02. The molecule has 2 aromatic heterocycles. The Bertz CT molecular complexity index is 869. The van der Waals surface area contributed by atoms with Gasteiger partial charge in [0, 0.05) is 5.69 Å². The van der Waals surface area contributed by atoms with Crippen LogP contribution in [-0.4, -0.2) is 22.5 Å². The quantitative estimate of drug-likeness (QED) is 0.800. The number of amides is 1. The number of anilines is 1. The summed E-state index contributed by atoms with van der Waals surface area (Å²) in [5.74, 6) is 0.0595. The normalized spacial score (nSPS) is 10.1. The Morgan fingerprint density at radius 2 is 2.27 bits per heavy atom. The predicted molar refractivity (Wildman–Crippen MR) is 82.7 cm³/mol. The zero-order valence-corrected chi connectivity index (χ0v) is 12.1. The van der Waals surface area contributed by atoms with Crippen molar-refractivity contribution in [2.45, 2.75) is 0 Å². The van der Waals surface area contributed by atoms with Crippen LogP contribution in [0.25, 0.3) is 10.2 Å². The summed E-state index contributed by atoms with van der Waals surface area (Å²) in [6.45, 7) is -0.168. The molecule has 0 saturated carbocycles. The van der Waals surface area contributed by atoms with E-state index in [1.807, 2.05) is 17.5 Å². The fourth-order valence-electron chi connectivity index (χ4n) is 1.88. The van der Waals surface area contributed by atoms with Crippen molar-refractivity contribution >= 4 is 33.1 Å². The van der Waals surface area contributed by atoms with Crippen LogP contribution in [0.2, 0.25) is 0 Å². The molecule has 1 amide bonds. The van der Waals surface area contributed by atoms with Crippen molar-refractivity contribution in [3.63, 3.8) is 0 Å². The highest BCUT2D eigenvalue weighted by Crippen LogP contribution is 2.25. The van der Waals surface area contributed by atoms with Crippen LogP contribution in [0.3, 0.4) is 0 Å². The van der Waals surface area contributed by atoms with Gasteiger partial charge >= 0.3 is 0 Å². The van der Waals surface area contributed by atoms with Crippen molar-refractivity contribution in [3.05, 3.63) is 47.6 Å². The van der Waals surface area contributed by atoms with Crippen molar-refractivity contribution in [2.24, 2.45) is 0 Å². The smallest absolute Gasteiger partial charge is 0.262 e. The molecular formula is C15H10N4O2S. The summed E-state index contributed by atoms with van der Waals surface area (Å²) >= 11 is 1.48. The number of hydrogen-bond donors (Lipinski definition) is 1. The largest absolute Gasteiger partial charge is 0.467 e. The average molecular weight is 310 g/mol. The molecule has 0 spiro atoms. The summed E-state index contributed by atoms with van der Waals surface area (Å²) in [6.07, 6.45) is 1.41. The molecule has 0 fully saturated rings. The van der Waals surface area contributed by atoms with E-state index in [9.17, 15) is 4.79 Å². The molecule has 2 heterocycles. The third-order valence-electron chi connectivity index (χ3n) is 2.84. The highest BCUT2D eigenvalue weighted by molar-refractivity contribution is 7.16. The highest BCUT2D eigenvalue weighted by atomic mass is 32.1. The van der Waals surface area contributed by atoms with Crippen LogP contribution >= 0.6 is 11.3 Å². The number of nitrogens with one attached hydrogen (secondary N) is 1. The Labute approximate surface area is 130 Å². The number of nitrogens with zero attached hydrogens (tertiary/aromatic N) is 3. The van der Waals surface area contributed by atoms with Gasteiger partial charge in [0.1, 0.15) is 11.2 Å². The van der Waals surface area contributed by atoms with E-state index in [0.29, 0.717) is 17.1 Å². The lowest BCUT2D eigenvalue weighted by molar-refractivity contribution is -0.118. The molecule has 0 aliphatic rings. The van der Waals surface area contributed by atoms with Gasteiger partial charge in [-0.3, -0.25) is 4.79 Å². The molecule has 0 atom stereocenters. The number of rotatable bonds is 4. The summed E-state index contributed by atoms with van der Waals surface area (Å²) in [5.41, 5.74) is 1.03. The van der Waals surface area contributed by atoms with E-state index in [2.05, 4.69) is 15.3 Å². The van der Waals surface area contributed by atoms with E-state index in [1.165, 1.54) is 17.7 Å². The van der Waals surface area contributed by atoms with Gasteiger partial charge in [-0.05, 0) is 29.6 Å². The van der Waals surface area contributed by atoms with Crippen LogP contribution in [0, 0.1) is 11.3 Å². The molecule has 6 nitrogen and oxygen atoms in total. The van der Waals surface area contributed by atoms with E-state index in [0.717, 1.165) is 10.2 Å². The number of nitriles is 1. The highest BCUT2D eigenvalue weighted by Gasteiger charge is 2.09. The Kier molecular flexibility index (Phi) is 3.94. The van der Waals surface area contributed by atoms with Crippen molar-refractivity contribution in [2.75, 3.05) is 11.9 Å². The fourth-order valence-corrected chi connectivity index (χ4v) is 2.60. The Morgan fingerprint density at radius 1 is 1.36 bits per heavy atom. The van der Waals surface area contributed by atoms with E-state index in [4.69, 9.17) is 10.00 Å². The van der Waals surface area contributed by atoms with Gasteiger partial charge in [-0.2, -0.15) is 5.26 Å². The molecule has 7 heteroatoms. The fraction of sp³-hybridized carbons (Fsp3) is 0.0667. The second-order valence-corrected chi connectivity index (χ2v) is 5.24. The molecule has 108 valence electrons. The molecule has 1 aromatic carbocycles. The van der Waals surface area contributed by atoms with Crippen LogP contribution in [0.5, 0.6) is 5.88 Å². The maximum Gasteiger partial charge on any atom is 0.262 e. The summed E-state index contributed by atoms with van der Waals surface area (Å²) in [5, 5.41) is 14.2. The van der Waals surface area contributed by atoms with Gasteiger partial charge in [-0.25, -0.2) is 9.97 Å². The van der Waals surface area contributed by atoms with Gasteiger partial charge in [0.05, 0.1) is 17.0 Å². The molecule has 0 bridgehead atoms. The number of thiophene rings is 1. The minimum absolute atomic E-state index is 0.168. The van der Waals surface area contributed by atoms with Crippen molar-refractivity contribution < 1.29 is 9.53 Å². The van der Waals surface area contributed by atoms with Crippen LogP contribution in [0.15, 0.2) is 42.0 Å². The van der Waals surface area contributed by atoms with E-state index in [1.54, 1.807) is 24.3 Å². The summed E-state index contributed by atoms with van der Waals surface area (Å²) in [7, 11) is 0. The zero-order valence-electron chi connectivity index (χ0n) is 11.3. The van der Waals surface area contributed by atoms with Crippen molar-refractivity contribution in [1.82, 2.24) is 9.97 Å². The number of aromatic nitrogens is 2. The van der Waals surface area contributed by atoms with Gasteiger partial charge in [-0.1, -0.05) is 6.07 Å². The number of carbonyl (C=O) groups is 1. The Hall–Kier alpha value is -2.98. The van der Waals surface area contributed by atoms with Gasteiger partial charge in [-0.15, -0.1) is 11.3 Å². The van der Waals surface area contributed by atoms with Gasteiger partial charge in [0.2, 0.25) is 5.88 Å². The maximum atomic E-state index is 11.9. The molecule has 0 saturated heterocycles. The molecule has 22 heavy (non-hydrogen) atoms. The summed E-state index contributed by atoms with van der Waals surface area (Å²) in [6, 6.07) is 10.5. The molecular weight excluding hydrogens is 300 g/mol.